The Morgan fingerprint density at radius 2 is 1.68 bits per heavy atom. The molecule has 0 bridgehead atoms. The molecule has 0 aliphatic carbocycles. The molecule has 0 aromatic heterocycles. The fourth-order valence-electron chi connectivity index (χ4n) is 1.90. The minimum atomic E-state index is 0.521. The fraction of sp³-hybridized carbons (Fsp3) is 0.294. The molecule has 0 saturated heterocycles. The molecule has 2 aromatic rings. The molecule has 0 aliphatic rings. The zero-order valence-electron chi connectivity index (χ0n) is 11.6. The van der Waals surface area contributed by atoms with E-state index >= 15 is 0 Å². The van der Waals surface area contributed by atoms with Crippen molar-refractivity contribution in [3.63, 3.8) is 0 Å². The summed E-state index contributed by atoms with van der Waals surface area (Å²) in [7, 11) is 0. The molecule has 0 amide bonds. The molecular formula is C17H21NO. The zero-order chi connectivity index (χ0) is 13.7. The summed E-state index contributed by atoms with van der Waals surface area (Å²) in [5.74, 6) is 1.45. The first-order chi connectivity index (χ1) is 9.19. The van der Waals surface area contributed by atoms with Gasteiger partial charge in [0.05, 0.1) is 0 Å². The molecule has 19 heavy (non-hydrogen) atoms. The van der Waals surface area contributed by atoms with E-state index in [1.54, 1.807) is 0 Å². The molecule has 0 saturated carbocycles. The summed E-state index contributed by atoms with van der Waals surface area (Å²) in [5.41, 5.74) is 9.18. The summed E-state index contributed by atoms with van der Waals surface area (Å²) in [6.07, 6.45) is 0. The maximum atomic E-state index is 5.83. The first-order valence-corrected chi connectivity index (χ1v) is 6.69. The van der Waals surface area contributed by atoms with Crippen LogP contribution in [-0.2, 0) is 13.2 Å². The van der Waals surface area contributed by atoms with Gasteiger partial charge in [-0.3, -0.25) is 0 Å². The van der Waals surface area contributed by atoms with Gasteiger partial charge in [-0.2, -0.15) is 0 Å². The molecular weight excluding hydrogens is 234 g/mol. The Hall–Kier alpha value is -1.80. The molecule has 0 aliphatic heterocycles. The number of hydrogen-bond acceptors (Lipinski definition) is 2. The summed E-state index contributed by atoms with van der Waals surface area (Å²) in [6, 6.07) is 16.5. The second-order valence-corrected chi connectivity index (χ2v) is 5.04. The quantitative estimate of drug-likeness (QED) is 0.880. The lowest BCUT2D eigenvalue weighted by molar-refractivity contribution is 0.306. The van der Waals surface area contributed by atoms with E-state index in [1.807, 2.05) is 24.3 Å². The highest BCUT2D eigenvalue weighted by atomic mass is 16.5. The summed E-state index contributed by atoms with van der Waals surface area (Å²) in [4.78, 5) is 0. The van der Waals surface area contributed by atoms with E-state index in [0.717, 1.165) is 16.9 Å². The van der Waals surface area contributed by atoms with E-state index in [0.29, 0.717) is 19.1 Å². The number of benzene rings is 2. The highest BCUT2D eigenvalue weighted by Crippen LogP contribution is 2.21. The first kappa shape index (κ1) is 13.6. The standard InChI is InChI=1S/C17H21NO/c1-13(2)16-4-3-5-17(10-16)19-12-15-8-6-14(11-18)7-9-15/h3-10,13H,11-12,18H2,1-2H3. The largest absolute Gasteiger partial charge is 0.489 e. The molecule has 2 N–H and O–H groups in total. The molecule has 2 nitrogen and oxygen atoms in total. The van der Waals surface area contributed by atoms with Crippen molar-refractivity contribution in [2.24, 2.45) is 5.73 Å². The zero-order valence-corrected chi connectivity index (χ0v) is 11.6. The van der Waals surface area contributed by atoms with E-state index in [9.17, 15) is 0 Å². The number of nitrogens with two attached hydrogens (primary N) is 1. The third kappa shape index (κ3) is 3.83. The van der Waals surface area contributed by atoms with Gasteiger partial charge in [-0.05, 0) is 34.7 Å². The minimum absolute atomic E-state index is 0.521. The second-order valence-electron chi connectivity index (χ2n) is 5.04. The van der Waals surface area contributed by atoms with E-state index < -0.39 is 0 Å². The summed E-state index contributed by atoms with van der Waals surface area (Å²) >= 11 is 0. The van der Waals surface area contributed by atoms with Crippen molar-refractivity contribution in [2.75, 3.05) is 0 Å². The third-order valence-corrected chi connectivity index (χ3v) is 3.19. The summed E-state index contributed by atoms with van der Waals surface area (Å²) < 4.78 is 5.83. The van der Waals surface area contributed by atoms with Crippen molar-refractivity contribution in [2.45, 2.75) is 32.9 Å². The van der Waals surface area contributed by atoms with Gasteiger partial charge in [0.1, 0.15) is 12.4 Å². The highest BCUT2D eigenvalue weighted by Gasteiger charge is 2.01. The van der Waals surface area contributed by atoms with E-state index in [-0.39, 0.29) is 0 Å². The van der Waals surface area contributed by atoms with Crippen LogP contribution in [0.3, 0.4) is 0 Å². The lowest BCUT2D eigenvalue weighted by atomic mass is 10.0. The molecule has 0 spiro atoms. The Morgan fingerprint density at radius 1 is 1.00 bits per heavy atom. The van der Waals surface area contributed by atoms with Crippen LogP contribution >= 0.6 is 0 Å². The van der Waals surface area contributed by atoms with Gasteiger partial charge in [0.2, 0.25) is 0 Å². The van der Waals surface area contributed by atoms with Gasteiger partial charge in [0.25, 0.3) is 0 Å². The van der Waals surface area contributed by atoms with Crippen molar-refractivity contribution in [1.29, 1.82) is 0 Å². The fourth-order valence-corrected chi connectivity index (χ4v) is 1.90. The topological polar surface area (TPSA) is 35.2 Å². The van der Waals surface area contributed by atoms with Gasteiger partial charge in [0.15, 0.2) is 0 Å². The Balaban J connectivity index is 1.99. The van der Waals surface area contributed by atoms with Crippen molar-refractivity contribution in [1.82, 2.24) is 0 Å². The Bertz CT molecular complexity index is 517. The van der Waals surface area contributed by atoms with E-state index in [4.69, 9.17) is 10.5 Å². The van der Waals surface area contributed by atoms with Crippen molar-refractivity contribution < 1.29 is 4.74 Å². The number of hydrogen-bond donors (Lipinski definition) is 1. The molecule has 0 unspecified atom stereocenters. The van der Waals surface area contributed by atoms with Crippen LogP contribution in [0.15, 0.2) is 48.5 Å². The Morgan fingerprint density at radius 3 is 2.32 bits per heavy atom. The van der Waals surface area contributed by atoms with Gasteiger partial charge >= 0.3 is 0 Å². The van der Waals surface area contributed by atoms with Gasteiger partial charge < -0.3 is 10.5 Å². The van der Waals surface area contributed by atoms with Gasteiger partial charge in [0, 0.05) is 6.54 Å². The molecule has 0 atom stereocenters. The van der Waals surface area contributed by atoms with Crippen LogP contribution < -0.4 is 10.5 Å². The average Bonchev–Trinajstić information content (AvgIpc) is 2.46. The van der Waals surface area contributed by atoms with E-state index in [2.05, 4.69) is 38.1 Å². The molecule has 2 rings (SSSR count). The average molecular weight is 255 g/mol. The predicted molar refractivity (Wildman–Crippen MR) is 79.2 cm³/mol. The molecule has 2 heteroatoms. The van der Waals surface area contributed by atoms with Crippen LogP contribution in [0.25, 0.3) is 0 Å². The molecule has 0 fully saturated rings. The summed E-state index contributed by atoms with van der Waals surface area (Å²) in [6.45, 7) is 5.54. The lowest BCUT2D eigenvalue weighted by Crippen LogP contribution is -1.99. The van der Waals surface area contributed by atoms with Crippen LogP contribution in [0.2, 0.25) is 0 Å². The van der Waals surface area contributed by atoms with Crippen LogP contribution in [0.1, 0.15) is 36.5 Å². The van der Waals surface area contributed by atoms with Gasteiger partial charge in [-0.1, -0.05) is 50.2 Å². The summed E-state index contributed by atoms with van der Waals surface area (Å²) in [5, 5.41) is 0. The molecule has 2 aromatic carbocycles. The maximum absolute atomic E-state index is 5.83. The SMILES string of the molecule is CC(C)c1cccc(OCc2ccc(CN)cc2)c1. The van der Waals surface area contributed by atoms with Crippen LogP contribution in [-0.4, -0.2) is 0 Å². The number of rotatable bonds is 5. The van der Waals surface area contributed by atoms with Gasteiger partial charge in [-0.15, -0.1) is 0 Å². The van der Waals surface area contributed by atoms with Crippen LogP contribution in [0.5, 0.6) is 5.75 Å². The highest BCUT2D eigenvalue weighted by molar-refractivity contribution is 5.31. The Kier molecular flexibility index (Phi) is 4.58. The second kappa shape index (κ2) is 6.39. The molecule has 0 radical (unpaired) electrons. The molecule has 100 valence electrons. The van der Waals surface area contributed by atoms with Crippen molar-refractivity contribution >= 4 is 0 Å². The van der Waals surface area contributed by atoms with Crippen LogP contribution in [0, 0.1) is 0 Å². The van der Waals surface area contributed by atoms with Gasteiger partial charge in [-0.25, -0.2) is 0 Å². The monoisotopic (exact) mass is 255 g/mol. The third-order valence-electron chi connectivity index (χ3n) is 3.19. The number of ether oxygens (including phenoxy) is 1. The minimum Gasteiger partial charge on any atom is -0.489 e. The molecule has 0 heterocycles. The van der Waals surface area contributed by atoms with E-state index in [1.165, 1.54) is 5.56 Å². The normalized spacial score (nSPS) is 10.7. The maximum Gasteiger partial charge on any atom is 0.120 e. The smallest absolute Gasteiger partial charge is 0.120 e. The first-order valence-electron chi connectivity index (χ1n) is 6.69. The Labute approximate surface area is 115 Å². The van der Waals surface area contributed by atoms with Crippen LogP contribution in [0.4, 0.5) is 0 Å². The van der Waals surface area contributed by atoms with Crippen molar-refractivity contribution in [3.05, 3.63) is 65.2 Å². The predicted octanol–water partition coefficient (Wildman–Crippen LogP) is 3.85. The lowest BCUT2D eigenvalue weighted by Gasteiger charge is -2.10. The van der Waals surface area contributed by atoms with Crippen molar-refractivity contribution in [3.8, 4) is 5.75 Å².